The highest BCUT2D eigenvalue weighted by Gasteiger charge is 2.38. The number of likely N-dealkylation sites (tertiary alicyclic amines) is 1. The molecule has 2 amide bonds. The van der Waals surface area contributed by atoms with Crippen LogP contribution < -0.4 is 0 Å². The van der Waals surface area contributed by atoms with E-state index in [-0.39, 0.29) is 49.7 Å². The van der Waals surface area contributed by atoms with Gasteiger partial charge < -0.3 is 18.9 Å². The van der Waals surface area contributed by atoms with E-state index in [9.17, 15) is 19.2 Å². The number of Topliss-reactive ketones (excluding diaryl/α,β-unsaturated/α-hetero) is 2. The van der Waals surface area contributed by atoms with Crippen molar-refractivity contribution in [3.8, 4) is 0 Å². The van der Waals surface area contributed by atoms with Crippen LogP contribution in [0.4, 0.5) is 0 Å². The van der Waals surface area contributed by atoms with Crippen molar-refractivity contribution < 1.29 is 38.1 Å². The Morgan fingerprint density at radius 2 is 1.42 bits per heavy atom. The number of methoxy groups -OCH3 is 2. The van der Waals surface area contributed by atoms with Gasteiger partial charge in [0, 0.05) is 59.7 Å². The lowest BCUT2D eigenvalue weighted by Crippen LogP contribution is -2.33. The Hall–Kier alpha value is -0.980. The maximum Gasteiger partial charge on any atom is 0.242 e. The fraction of sp³-hybridized carbons (Fsp3) is 0.852. The molecule has 0 spiro atoms. The molecule has 11 heteroatoms. The van der Waals surface area contributed by atoms with E-state index in [2.05, 4.69) is 6.92 Å². The summed E-state index contributed by atoms with van der Waals surface area (Å²) < 4.78 is 20.3. The summed E-state index contributed by atoms with van der Waals surface area (Å²) in [4.78, 5) is 48.1. The van der Waals surface area contributed by atoms with Crippen LogP contribution in [0.3, 0.4) is 0 Å². The van der Waals surface area contributed by atoms with E-state index < -0.39 is 0 Å². The van der Waals surface area contributed by atoms with Crippen LogP contribution in [0.2, 0.25) is 0 Å². The van der Waals surface area contributed by atoms with Crippen molar-refractivity contribution in [1.29, 1.82) is 0 Å². The van der Waals surface area contributed by atoms with Gasteiger partial charge in [0.1, 0.15) is 11.6 Å². The number of amides is 2. The predicted molar refractivity (Wildman–Crippen MR) is 156 cm³/mol. The number of imide groups is 1. The monoisotopic (exact) mass is 581 g/mol. The number of ether oxygens (including phenoxy) is 4. The highest BCUT2D eigenvalue weighted by atomic mass is 32.2. The van der Waals surface area contributed by atoms with Crippen LogP contribution in [0, 0.1) is 0 Å². The first-order valence-corrected chi connectivity index (χ1v) is 15.3. The highest BCUT2D eigenvalue weighted by Crippen LogP contribution is 2.25. The summed E-state index contributed by atoms with van der Waals surface area (Å²) in [6, 6.07) is 0. The zero-order valence-corrected chi connectivity index (χ0v) is 24.8. The van der Waals surface area contributed by atoms with Gasteiger partial charge in [0.25, 0.3) is 0 Å². The first-order valence-electron chi connectivity index (χ1n) is 13.1. The van der Waals surface area contributed by atoms with E-state index in [1.165, 1.54) is 16.7 Å². The molecule has 0 aliphatic carbocycles. The summed E-state index contributed by atoms with van der Waals surface area (Å²) in [6.45, 7) is 7.86. The third-order valence-corrected chi connectivity index (χ3v) is 7.29. The number of hydrogen-bond acceptors (Lipinski definition) is 10. The number of rotatable bonds is 23. The summed E-state index contributed by atoms with van der Waals surface area (Å²) >= 11 is 3.18. The predicted octanol–water partition coefficient (Wildman–Crippen LogP) is 4.05. The smallest absolute Gasteiger partial charge is 0.242 e. The van der Waals surface area contributed by atoms with Gasteiger partial charge in [0.05, 0.1) is 37.4 Å². The number of carbonyl (C=O) groups is 4. The van der Waals surface area contributed by atoms with E-state index in [0.29, 0.717) is 63.8 Å². The molecule has 0 aromatic rings. The Bertz CT molecular complexity index is 636. The molecule has 0 radical (unpaired) electrons. The molecule has 9 nitrogen and oxygen atoms in total. The summed E-state index contributed by atoms with van der Waals surface area (Å²) in [6.07, 6.45) is 4.16. The average molecular weight is 582 g/mol. The third kappa shape index (κ3) is 20.9. The van der Waals surface area contributed by atoms with E-state index >= 15 is 0 Å². The first-order chi connectivity index (χ1) is 17.9. The second-order valence-electron chi connectivity index (χ2n) is 8.27. The van der Waals surface area contributed by atoms with Crippen LogP contribution in [0.1, 0.15) is 66.2 Å². The summed E-state index contributed by atoms with van der Waals surface area (Å²) in [5, 5.41) is -0.262. The molecule has 1 heterocycles. The van der Waals surface area contributed by atoms with Gasteiger partial charge in [0.2, 0.25) is 11.8 Å². The topological polar surface area (TPSA) is 108 Å². The average Bonchev–Trinajstić information content (AvgIpc) is 3.15. The molecule has 1 saturated heterocycles. The van der Waals surface area contributed by atoms with Crippen molar-refractivity contribution in [2.45, 2.75) is 71.5 Å². The zero-order valence-electron chi connectivity index (χ0n) is 23.1. The Kier molecular flexibility index (Phi) is 28.4. The van der Waals surface area contributed by atoms with Crippen molar-refractivity contribution in [2.24, 2.45) is 0 Å². The standard InChI is InChI=1S/C15H25NO5S.C11H22O3S.CH4/c1-3-22-13-11-14(18)16(15(13)19)7-6-12(17)5-4-8-21-10-9-20-2;1-3-15-10-11(12)6-4-5-7-14-9-8-13-2;/h13H,3-11H2,1-2H3;3-10H2,1-2H3;1H4. The molecular formula is C27H51NO8S2. The van der Waals surface area contributed by atoms with Gasteiger partial charge in [-0.15, -0.1) is 11.8 Å². The molecule has 1 rings (SSSR count). The molecule has 0 bridgehead atoms. The van der Waals surface area contributed by atoms with Crippen LogP contribution in [-0.4, -0.2) is 111 Å². The molecule has 1 unspecified atom stereocenters. The van der Waals surface area contributed by atoms with Gasteiger partial charge in [0.15, 0.2) is 0 Å². The third-order valence-electron chi connectivity index (χ3n) is 5.25. The Morgan fingerprint density at radius 1 is 0.816 bits per heavy atom. The van der Waals surface area contributed by atoms with Gasteiger partial charge in [-0.25, -0.2) is 0 Å². The van der Waals surface area contributed by atoms with Crippen molar-refractivity contribution in [2.75, 3.05) is 77.7 Å². The summed E-state index contributed by atoms with van der Waals surface area (Å²) in [7, 11) is 3.27. The molecule has 0 aromatic carbocycles. The van der Waals surface area contributed by atoms with Crippen LogP contribution in [0.15, 0.2) is 0 Å². The normalized spacial score (nSPS) is 14.7. The van der Waals surface area contributed by atoms with Gasteiger partial charge in [-0.2, -0.15) is 11.8 Å². The van der Waals surface area contributed by atoms with Crippen molar-refractivity contribution in [3.05, 3.63) is 0 Å². The first kappa shape index (κ1) is 39.2. The minimum atomic E-state index is -0.262. The maximum absolute atomic E-state index is 12.0. The molecule has 1 atom stereocenters. The highest BCUT2D eigenvalue weighted by molar-refractivity contribution is 8.00. The van der Waals surface area contributed by atoms with Gasteiger partial charge in [-0.1, -0.05) is 21.3 Å². The van der Waals surface area contributed by atoms with Crippen molar-refractivity contribution in [3.63, 3.8) is 0 Å². The number of nitrogens with zero attached hydrogens (tertiary/aromatic N) is 1. The van der Waals surface area contributed by atoms with E-state index in [0.717, 1.165) is 31.0 Å². The lowest BCUT2D eigenvalue weighted by atomic mass is 10.1. The summed E-state index contributed by atoms with van der Waals surface area (Å²) in [5.74, 6) is 2.60. The van der Waals surface area contributed by atoms with Crippen LogP contribution in [0.25, 0.3) is 0 Å². The van der Waals surface area contributed by atoms with E-state index in [1.807, 2.05) is 6.92 Å². The van der Waals surface area contributed by atoms with E-state index in [4.69, 9.17) is 18.9 Å². The largest absolute Gasteiger partial charge is 0.382 e. The van der Waals surface area contributed by atoms with Crippen molar-refractivity contribution >= 4 is 46.9 Å². The number of unbranched alkanes of at least 4 members (excludes halogenated alkanes) is 1. The van der Waals surface area contributed by atoms with E-state index in [1.54, 1.807) is 26.0 Å². The van der Waals surface area contributed by atoms with Gasteiger partial charge in [-0.05, 0) is 30.8 Å². The molecule has 0 saturated carbocycles. The molecule has 0 N–H and O–H groups in total. The SMILES string of the molecule is C.CCSC1CC(=O)N(CCC(=O)CCCOCCOC)C1=O.CCSCC(=O)CCCCOCCOC. The van der Waals surface area contributed by atoms with Crippen LogP contribution >= 0.6 is 23.5 Å². The molecule has 1 fully saturated rings. The van der Waals surface area contributed by atoms with Gasteiger partial charge in [-0.3, -0.25) is 24.1 Å². The number of hydrogen-bond donors (Lipinski definition) is 0. The maximum atomic E-state index is 12.0. The lowest BCUT2D eigenvalue weighted by molar-refractivity contribution is -0.138. The number of carbonyl (C=O) groups excluding carboxylic acids is 4. The van der Waals surface area contributed by atoms with Crippen molar-refractivity contribution in [1.82, 2.24) is 4.90 Å². The number of thioether (sulfide) groups is 2. The zero-order chi connectivity index (χ0) is 27.7. The van der Waals surface area contributed by atoms with Crippen LogP contribution in [0.5, 0.6) is 0 Å². The molecule has 1 aliphatic heterocycles. The molecule has 38 heavy (non-hydrogen) atoms. The second kappa shape index (κ2) is 27.6. The Labute approximate surface area is 238 Å². The molecule has 0 aromatic heterocycles. The Balaban J connectivity index is 0. The fourth-order valence-corrected chi connectivity index (χ4v) is 4.76. The fourth-order valence-electron chi connectivity index (χ4n) is 3.26. The minimum Gasteiger partial charge on any atom is -0.382 e. The number of ketones is 2. The molecule has 1 aliphatic rings. The molecule has 224 valence electrons. The quantitative estimate of drug-likeness (QED) is 0.130. The van der Waals surface area contributed by atoms with Crippen LogP contribution in [-0.2, 0) is 38.1 Å². The summed E-state index contributed by atoms with van der Waals surface area (Å²) in [5.41, 5.74) is 0. The van der Waals surface area contributed by atoms with Gasteiger partial charge >= 0.3 is 0 Å². The Morgan fingerprint density at radius 3 is 2.00 bits per heavy atom. The molecular weight excluding hydrogens is 530 g/mol. The second-order valence-corrected chi connectivity index (χ2v) is 11.0. The minimum absolute atomic E-state index is 0. The lowest BCUT2D eigenvalue weighted by Gasteiger charge is -2.14.